The molecule has 1 aliphatic carbocycles. The lowest BCUT2D eigenvalue weighted by Gasteiger charge is -2.30. The van der Waals surface area contributed by atoms with Gasteiger partial charge in [0.15, 0.2) is 5.78 Å². The fraction of sp³-hybridized carbons (Fsp3) is 0.917. The van der Waals surface area contributed by atoms with Crippen molar-refractivity contribution in [3.63, 3.8) is 0 Å². The third-order valence-corrected chi connectivity index (χ3v) is 3.25. The highest BCUT2D eigenvalue weighted by Gasteiger charge is 2.32. The van der Waals surface area contributed by atoms with E-state index in [1.54, 1.807) is 0 Å². The van der Waals surface area contributed by atoms with Crippen molar-refractivity contribution >= 4 is 5.78 Å². The Hall–Kier alpha value is -0.370. The Morgan fingerprint density at radius 1 is 1.21 bits per heavy atom. The molecule has 0 spiro atoms. The van der Waals surface area contributed by atoms with Crippen molar-refractivity contribution in [1.82, 2.24) is 0 Å². The maximum absolute atomic E-state index is 12.0. The SMILES string of the molecule is CC(C)(C)[C@H](N)C(=O)C1CCCCC1. The summed E-state index contributed by atoms with van der Waals surface area (Å²) in [5.74, 6) is 0.537. The summed E-state index contributed by atoms with van der Waals surface area (Å²) < 4.78 is 0. The zero-order valence-corrected chi connectivity index (χ0v) is 9.68. The van der Waals surface area contributed by atoms with Gasteiger partial charge in [0.25, 0.3) is 0 Å². The first-order chi connectivity index (χ1) is 6.43. The van der Waals surface area contributed by atoms with E-state index in [-0.39, 0.29) is 23.2 Å². The molecule has 1 aliphatic rings. The molecule has 0 aromatic rings. The smallest absolute Gasteiger partial charge is 0.153 e. The molecule has 0 unspecified atom stereocenters. The van der Waals surface area contributed by atoms with E-state index in [2.05, 4.69) is 0 Å². The molecule has 82 valence electrons. The van der Waals surface area contributed by atoms with E-state index in [0.29, 0.717) is 0 Å². The molecule has 1 rings (SSSR count). The second kappa shape index (κ2) is 4.43. The lowest BCUT2D eigenvalue weighted by atomic mass is 9.76. The Morgan fingerprint density at radius 2 is 1.71 bits per heavy atom. The van der Waals surface area contributed by atoms with Crippen molar-refractivity contribution in [2.24, 2.45) is 17.1 Å². The fourth-order valence-electron chi connectivity index (χ4n) is 2.07. The predicted octanol–water partition coefficient (Wildman–Crippen LogP) is 2.51. The second-order valence-corrected chi connectivity index (χ2v) is 5.58. The summed E-state index contributed by atoms with van der Waals surface area (Å²) in [5.41, 5.74) is 5.89. The van der Waals surface area contributed by atoms with Crippen LogP contribution < -0.4 is 5.73 Å². The van der Waals surface area contributed by atoms with Crippen LogP contribution in [-0.4, -0.2) is 11.8 Å². The zero-order valence-electron chi connectivity index (χ0n) is 9.68. The topological polar surface area (TPSA) is 43.1 Å². The van der Waals surface area contributed by atoms with Crippen LogP contribution in [-0.2, 0) is 4.79 Å². The number of ketones is 1. The molecule has 1 atom stereocenters. The zero-order chi connectivity index (χ0) is 10.8. The average molecular weight is 197 g/mol. The van der Waals surface area contributed by atoms with Crippen molar-refractivity contribution in [1.29, 1.82) is 0 Å². The molecule has 0 saturated heterocycles. The monoisotopic (exact) mass is 197 g/mol. The lowest BCUT2D eigenvalue weighted by molar-refractivity contribution is -0.127. The summed E-state index contributed by atoms with van der Waals surface area (Å²) in [6.45, 7) is 6.12. The van der Waals surface area contributed by atoms with E-state index in [4.69, 9.17) is 5.73 Å². The van der Waals surface area contributed by atoms with E-state index in [0.717, 1.165) is 12.8 Å². The van der Waals surface area contributed by atoms with Crippen LogP contribution in [0.25, 0.3) is 0 Å². The number of carbonyl (C=O) groups excluding carboxylic acids is 1. The molecule has 0 heterocycles. The summed E-state index contributed by atoms with van der Waals surface area (Å²) in [5, 5.41) is 0. The maximum atomic E-state index is 12.0. The van der Waals surface area contributed by atoms with Crippen molar-refractivity contribution in [3.05, 3.63) is 0 Å². The molecule has 0 bridgehead atoms. The predicted molar refractivity (Wildman–Crippen MR) is 59.0 cm³/mol. The highest BCUT2D eigenvalue weighted by Crippen LogP contribution is 2.28. The number of carbonyl (C=O) groups is 1. The molecule has 0 aliphatic heterocycles. The van der Waals surface area contributed by atoms with Crippen LogP contribution >= 0.6 is 0 Å². The molecule has 0 aromatic carbocycles. The highest BCUT2D eigenvalue weighted by molar-refractivity contribution is 5.86. The van der Waals surface area contributed by atoms with Crippen LogP contribution in [0.15, 0.2) is 0 Å². The van der Waals surface area contributed by atoms with Crippen LogP contribution in [0, 0.1) is 11.3 Å². The molecule has 1 saturated carbocycles. The van der Waals surface area contributed by atoms with Gasteiger partial charge in [0, 0.05) is 5.92 Å². The number of hydrogen-bond acceptors (Lipinski definition) is 2. The van der Waals surface area contributed by atoms with Gasteiger partial charge in [0.2, 0.25) is 0 Å². The Balaban J connectivity index is 2.55. The first kappa shape index (κ1) is 11.7. The minimum atomic E-state index is -0.286. The van der Waals surface area contributed by atoms with Crippen molar-refractivity contribution in [2.75, 3.05) is 0 Å². The summed E-state index contributed by atoms with van der Waals surface area (Å²) in [4.78, 5) is 12.0. The van der Waals surface area contributed by atoms with E-state index >= 15 is 0 Å². The Labute approximate surface area is 87.2 Å². The average Bonchev–Trinajstić information content (AvgIpc) is 2.15. The number of hydrogen-bond donors (Lipinski definition) is 1. The van der Waals surface area contributed by atoms with Gasteiger partial charge in [0.1, 0.15) is 0 Å². The first-order valence-electron chi connectivity index (χ1n) is 5.72. The highest BCUT2D eigenvalue weighted by atomic mass is 16.1. The fourth-order valence-corrected chi connectivity index (χ4v) is 2.07. The number of Topliss-reactive ketones (excluding diaryl/α,β-unsaturated/α-hetero) is 1. The molecule has 2 nitrogen and oxygen atoms in total. The first-order valence-corrected chi connectivity index (χ1v) is 5.72. The van der Waals surface area contributed by atoms with Gasteiger partial charge in [-0.2, -0.15) is 0 Å². The Morgan fingerprint density at radius 3 is 2.14 bits per heavy atom. The van der Waals surface area contributed by atoms with Crippen molar-refractivity contribution in [3.8, 4) is 0 Å². The summed E-state index contributed by atoms with van der Waals surface area (Å²) in [6.07, 6.45) is 5.81. The van der Waals surface area contributed by atoms with Gasteiger partial charge in [0.05, 0.1) is 6.04 Å². The molecule has 14 heavy (non-hydrogen) atoms. The Bertz CT molecular complexity index is 199. The van der Waals surface area contributed by atoms with Crippen LogP contribution in [0.1, 0.15) is 52.9 Å². The molecule has 1 fully saturated rings. The van der Waals surface area contributed by atoms with Gasteiger partial charge in [-0.1, -0.05) is 40.0 Å². The molecule has 0 aromatic heterocycles. The third-order valence-electron chi connectivity index (χ3n) is 3.25. The van der Waals surface area contributed by atoms with Gasteiger partial charge in [-0.15, -0.1) is 0 Å². The van der Waals surface area contributed by atoms with Crippen molar-refractivity contribution < 1.29 is 4.79 Å². The van der Waals surface area contributed by atoms with Gasteiger partial charge < -0.3 is 5.73 Å². The van der Waals surface area contributed by atoms with Crippen LogP contribution in [0.4, 0.5) is 0 Å². The van der Waals surface area contributed by atoms with Gasteiger partial charge in [-0.25, -0.2) is 0 Å². The van der Waals surface area contributed by atoms with E-state index in [1.807, 2.05) is 20.8 Å². The van der Waals surface area contributed by atoms with Crippen LogP contribution in [0.5, 0.6) is 0 Å². The van der Waals surface area contributed by atoms with Crippen LogP contribution in [0.2, 0.25) is 0 Å². The number of nitrogens with two attached hydrogens (primary N) is 1. The standard InChI is InChI=1S/C12H23NO/c1-12(2,3)11(13)10(14)9-7-5-4-6-8-9/h9,11H,4-8,13H2,1-3H3/t11-/m1/s1. The van der Waals surface area contributed by atoms with Crippen LogP contribution in [0.3, 0.4) is 0 Å². The molecular formula is C12H23NO. The molecule has 0 radical (unpaired) electrons. The summed E-state index contributed by atoms with van der Waals surface area (Å²) in [7, 11) is 0. The van der Waals surface area contributed by atoms with Gasteiger partial charge in [-0.3, -0.25) is 4.79 Å². The van der Waals surface area contributed by atoms with E-state index in [1.165, 1.54) is 19.3 Å². The molecule has 2 N–H and O–H groups in total. The lowest BCUT2D eigenvalue weighted by Crippen LogP contribution is -2.45. The van der Waals surface area contributed by atoms with E-state index < -0.39 is 0 Å². The molecule has 0 amide bonds. The Kier molecular flexibility index (Phi) is 3.71. The van der Waals surface area contributed by atoms with E-state index in [9.17, 15) is 4.79 Å². The largest absolute Gasteiger partial charge is 0.321 e. The maximum Gasteiger partial charge on any atom is 0.153 e. The molecule has 2 heteroatoms. The minimum absolute atomic E-state index is 0.0888. The molecular weight excluding hydrogens is 174 g/mol. The van der Waals surface area contributed by atoms with Gasteiger partial charge >= 0.3 is 0 Å². The normalized spacial score (nSPS) is 22.0. The minimum Gasteiger partial charge on any atom is -0.321 e. The second-order valence-electron chi connectivity index (χ2n) is 5.58. The number of rotatable bonds is 2. The third kappa shape index (κ3) is 2.81. The summed E-state index contributed by atoms with van der Waals surface area (Å²) >= 11 is 0. The van der Waals surface area contributed by atoms with Gasteiger partial charge in [-0.05, 0) is 18.3 Å². The van der Waals surface area contributed by atoms with Crippen molar-refractivity contribution in [2.45, 2.75) is 58.9 Å². The summed E-state index contributed by atoms with van der Waals surface area (Å²) in [6, 6.07) is -0.286. The quantitative estimate of drug-likeness (QED) is 0.739.